The van der Waals surface area contributed by atoms with Crippen LogP contribution in [0.2, 0.25) is 0 Å². The van der Waals surface area contributed by atoms with Crippen LogP contribution >= 0.6 is 0 Å². The number of hydrogen-bond donors (Lipinski definition) is 1. The fourth-order valence-corrected chi connectivity index (χ4v) is 4.28. The molecule has 1 aliphatic carbocycles. The van der Waals surface area contributed by atoms with Gasteiger partial charge in [0.15, 0.2) is 0 Å². The molecule has 1 heterocycles. The van der Waals surface area contributed by atoms with E-state index in [0.29, 0.717) is 13.0 Å². The summed E-state index contributed by atoms with van der Waals surface area (Å²) in [5.74, 6) is -2.04. The zero-order valence-corrected chi connectivity index (χ0v) is 19.2. The molecule has 2 fully saturated rings. The van der Waals surface area contributed by atoms with Crippen LogP contribution in [0.1, 0.15) is 36.8 Å². The highest BCUT2D eigenvalue weighted by Gasteiger charge is 2.41. The molecular formula is C26H29N3O5. The minimum Gasteiger partial charge on any atom is -0.344 e. The topological polar surface area (TPSA) is 96.0 Å². The fourth-order valence-electron chi connectivity index (χ4n) is 4.28. The van der Waals surface area contributed by atoms with Gasteiger partial charge in [-0.2, -0.15) is 0 Å². The predicted molar refractivity (Wildman–Crippen MR) is 124 cm³/mol. The zero-order chi connectivity index (χ0) is 24.1. The molecule has 3 amide bonds. The number of benzene rings is 2. The molecule has 0 spiro atoms. The van der Waals surface area contributed by atoms with Crippen LogP contribution in [-0.2, 0) is 37.0 Å². The Morgan fingerprint density at radius 3 is 2.21 bits per heavy atom. The first-order chi connectivity index (χ1) is 16.5. The second kappa shape index (κ2) is 10.6. The van der Waals surface area contributed by atoms with E-state index in [-0.39, 0.29) is 24.8 Å². The highest BCUT2D eigenvalue weighted by Crippen LogP contribution is 2.27. The van der Waals surface area contributed by atoms with Crippen LogP contribution in [0, 0.1) is 0 Å². The van der Waals surface area contributed by atoms with E-state index in [4.69, 9.17) is 4.84 Å². The normalized spacial score (nSPS) is 18.4. The average molecular weight is 464 g/mol. The third-order valence-corrected chi connectivity index (χ3v) is 6.23. The first kappa shape index (κ1) is 23.6. The number of hydrogen-bond acceptors (Lipinski definition) is 5. The number of hydroxylamine groups is 2. The summed E-state index contributed by atoms with van der Waals surface area (Å²) in [6, 6.07) is 16.8. The van der Waals surface area contributed by atoms with E-state index in [2.05, 4.69) is 5.32 Å². The van der Waals surface area contributed by atoms with Gasteiger partial charge in [0, 0.05) is 19.4 Å². The first-order valence-corrected chi connectivity index (χ1v) is 11.6. The minimum atomic E-state index is -1.06. The molecule has 0 aromatic heterocycles. The number of likely N-dealkylation sites (tertiary alicyclic amines) is 1. The lowest BCUT2D eigenvalue weighted by Crippen LogP contribution is -2.54. The Labute approximate surface area is 198 Å². The van der Waals surface area contributed by atoms with Crippen molar-refractivity contribution in [3.8, 4) is 0 Å². The molecule has 8 heteroatoms. The summed E-state index contributed by atoms with van der Waals surface area (Å²) in [4.78, 5) is 58.6. The van der Waals surface area contributed by atoms with E-state index in [1.54, 1.807) is 4.90 Å². The van der Waals surface area contributed by atoms with E-state index in [9.17, 15) is 19.2 Å². The fraction of sp³-hybridized carbons (Fsp3) is 0.385. The van der Waals surface area contributed by atoms with Crippen LogP contribution in [0.25, 0.3) is 0 Å². The van der Waals surface area contributed by atoms with Gasteiger partial charge in [-0.1, -0.05) is 60.7 Å². The molecule has 0 bridgehead atoms. The van der Waals surface area contributed by atoms with Crippen LogP contribution in [0.5, 0.6) is 0 Å². The van der Waals surface area contributed by atoms with Gasteiger partial charge in [-0.25, -0.2) is 5.06 Å². The van der Waals surface area contributed by atoms with Gasteiger partial charge in [0.25, 0.3) is 0 Å². The number of Topliss-reactive ketones (excluding diaryl/α,β-unsaturated/α-hetero) is 1. The molecule has 34 heavy (non-hydrogen) atoms. The summed E-state index contributed by atoms with van der Waals surface area (Å²) >= 11 is 0. The molecule has 2 aromatic rings. The second-order valence-electron chi connectivity index (χ2n) is 8.72. The van der Waals surface area contributed by atoms with E-state index >= 15 is 0 Å². The summed E-state index contributed by atoms with van der Waals surface area (Å²) in [7, 11) is 1.36. The van der Waals surface area contributed by atoms with Crippen molar-refractivity contribution < 1.29 is 24.0 Å². The third kappa shape index (κ3) is 5.51. The maximum absolute atomic E-state index is 13.3. The zero-order valence-electron chi connectivity index (χ0n) is 19.2. The molecule has 0 radical (unpaired) electrons. The van der Waals surface area contributed by atoms with Crippen LogP contribution in [0.3, 0.4) is 0 Å². The number of ketones is 1. The van der Waals surface area contributed by atoms with Crippen molar-refractivity contribution >= 4 is 23.5 Å². The van der Waals surface area contributed by atoms with Gasteiger partial charge in [-0.05, 0) is 30.4 Å². The molecule has 1 aliphatic heterocycles. The van der Waals surface area contributed by atoms with Crippen molar-refractivity contribution in [1.29, 1.82) is 0 Å². The maximum Gasteiger partial charge on any atom is 0.315 e. The highest BCUT2D eigenvalue weighted by molar-refractivity contribution is 6.38. The lowest BCUT2D eigenvalue weighted by Gasteiger charge is -2.27. The van der Waals surface area contributed by atoms with Crippen LogP contribution in [-0.4, -0.2) is 58.7 Å². The van der Waals surface area contributed by atoms with Crippen LogP contribution in [0.4, 0.5) is 0 Å². The van der Waals surface area contributed by atoms with Crippen LogP contribution in [0.15, 0.2) is 60.7 Å². The van der Waals surface area contributed by atoms with Gasteiger partial charge >= 0.3 is 5.91 Å². The molecule has 4 rings (SSSR count). The number of carbonyl (C=O) groups excluding carboxylic acids is 4. The molecule has 8 nitrogen and oxygen atoms in total. The summed E-state index contributed by atoms with van der Waals surface area (Å²) in [5, 5.41) is 3.88. The summed E-state index contributed by atoms with van der Waals surface area (Å²) in [6.45, 7) is 0.313. The average Bonchev–Trinajstić information content (AvgIpc) is 3.63. The Hall–Kier alpha value is -3.52. The summed E-state index contributed by atoms with van der Waals surface area (Å²) in [6.07, 6.45) is 2.35. The van der Waals surface area contributed by atoms with Crippen molar-refractivity contribution in [1.82, 2.24) is 15.3 Å². The lowest BCUT2D eigenvalue weighted by atomic mass is 10.0. The molecule has 2 aliphatic rings. The Morgan fingerprint density at radius 2 is 1.62 bits per heavy atom. The van der Waals surface area contributed by atoms with Crippen molar-refractivity contribution in [2.24, 2.45) is 0 Å². The Balaban J connectivity index is 1.51. The smallest absolute Gasteiger partial charge is 0.315 e. The Bertz CT molecular complexity index is 1040. The molecule has 1 unspecified atom stereocenters. The Kier molecular flexibility index (Phi) is 7.37. The predicted octanol–water partition coefficient (Wildman–Crippen LogP) is 2.03. The van der Waals surface area contributed by atoms with Gasteiger partial charge in [0.2, 0.25) is 17.6 Å². The van der Waals surface area contributed by atoms with Gasteiger partial charge in [-0.15, -0.1) is 0 Å². The monoisotopic (exact) mass is 463 g/mol. The van der Waals surface area contributed by atoms with E-state index in [1.807, 2.05) is 60.7 Å². The van der Waals surface area contributed by atoms with E-state index in [1.165, 1.54) is 7.11 Å². The number of carbonyl (C=O) groups is 4. The minimum absolute atomic E-state index is 0.106. The SMILES string of the molecule is CON(C(=O)C(=O)C(Cc1ccccc1)NC(=O)[C@@H]1CCC(=O)N1Cc1ccccc1)C1CC1. The molecule has 178 valence electrons. The molecule has 1 saturated heterocycles. The van der Waals surface area contributed by atoms with Gasteiger partial charge in [0.1, 0.15) is 12.1 Å². The second-order valence-corrected chi connectivity index (χ2v) is 8.72. The molecule has 2 aromatic carbocycles. The van der Waals surface area contributed by atoms with Gasteiger partial charge < -0.3 is 10.2 Å². The summed E-state index contributed by atoms with van der Waals surface area (Å²) < 4.78 is 0. The Morgan fingerprint density at radius 1 is 1.00 bits per heavy atom. The number of nitrogens with zero attached hydrogens (tertiary/aromatic N) is 2. The molecule has 2 atom stereocenters. The number of nitrogens with one attached hydrogen (secondary N) is 1. The van der Waals surface area contributed by atoms with Gasteiger partial charge in [0.05, 0.1) is 13.2 Å². The first-order valence-electron chi connectivity index (χ1n) is 11.6. The maximum atomic E-state index is 13.3. The summed E-state index contributed by atoms with van der Waals surface area (Å²) in [5.41, 5.74) is 1.73. The quantitative estimate of drug-likeness (QED) is 0.430. The van der Waals surface area contributed by atoms with Crippen molar-refractivity contribution in [2.75, 3.05) is 7.11 Å². The molecule has 1 N–H and O–H groups in total. The van der Waals surface area contributed by atoms with Crippen molar-refractivity contribution in [3.05, 3.63) is 71.8 Å². The number of rotatable bonds is 10. The van der Waals surface area contributed by atoms with Crippen molar-refractivity contribution in [2.45, 2.75) is 56.8 Å². The third-order valence-electron chi connectivity index (χ3n) is 6.23. The van der Waals surface area contributed by atoms with Crippen molar-refractivity contribution in [3.63, 3.8) is 0 Å². The standard InChI is InChI=1S/C26H29N3O5/c1-34-29(20-12-13-20)26(33)24(31)21(16-18-8-4-2-5-9-18)27-25(32)22-14-15-23(30)28(22)17-19-10-6-3-7-11-19/h2-11,20-22H,12-17H2,1H3,(H,27,32)/t21?,22-/m0/s1. The van der Waals surface area contributed by atoms with Crippen LogP contribution < -0.4 is 5.32 Å². The number of amides is 3. The van der Waals surface area contributed by atoms with Gasteiger partial charge in [-0.3, -0.25) is 24.0 Å². The van der Waals surface area contributed by atoms with E-state index in [0.717, 1.165) is 29.0 Å². The van der Waals surface area contributed by atoms with E-state index < -0.39 is 29.7 Å². The largest absolute Gasteiger partial charge is 0.344 e. The molecular weight excluding hydrogens is 434 g/mol. The molecule has 1 saturated carbocycles. The lowest BCUT2D eigenvalue weighted by molar-refractivity contribution is -0.182. The highest BCUT2D eigenvalue weighted by atomic mass is 16.7.